The van der Waals surface area contributed by atoms with Crippen LogP contribution in [0.2, 0.25) is 0 Å². The van der Waals surface area contributed by atoms with Gasteiger partial charge in [0.05, 0.1) is 15.8 Å². The van der Waals surface area contributed by atoms with E-state index in [9.17, 15) is 4.79 Å². The standard InChI is InChI=1S/C19H13N3O3S/c23-18(24)13-5-3-4-12(10-13)16-9-8-14(25-16)11-20-22-19-21-15-6-1-2-7-17(15)26-19/h1-10H,11H2,(H,23,24). The minimum absolute atomic E-state index is 0.218. The highest BCUT2D eigenvalue weighted by molar-refractivity contribution is 7.21. The molecule has 0 radical (unpaired) electrons. The van der Waals surface area contributed by atoms with Crippen molar-refractivity contribution < 1.29 is 14.3 Å². The molecule has 2 aromatic heterocycles. The highest BCUT2D eigenvalue weighted by Crippen LogP contribution is 2.28. The molecule has 2 aromatic carbocycles. The summed E-state index contributed by atoms with van der Waals surface area (Å²) in [5, 5.41) is 18.0. The number of hydrogen-bond acceptors (Lipinski definition) is 6. The van der Waals surface area contributed by atoms with E-state index in [1.165, 1.54) is 11.3 Å². The zero-order valence-electron chi connectivity index (χ0n) is 13.5. The number of aromatic nitrogens is 1. The van der Waals surface area contributed by atoms with E-state index >= 15 is 0 Å². The van der Waals surface area contributed by atoms with Gasteiger partial charge < -0.3 is 9.52 Å². The third kappa shape index (κ3) is 3.38. The van der Waals surface area contributed by atoms with Crippen LogP contribution in [0.25, 0.3) is 21.5 Å². The number of fused-ring (bicyclic) bond motifs is 1. The van der Waals surface area contributed by atoms with Crippen molar-refractivity contribution in [2.24, 2.45) is 10.2 Å². The molecule has 2 heterocycles. The Labute approximate surface area is 152 Å². The van der Waals surface area contributed by atoms with Gasteiger partial charge in [-0.3, -0.25) is 0 Å². The third-order valence-electron chi connectivity index (χ3n) is 3.72. The van der Waals surface area contributed by atoms with Crippen LogP contribution in [0.4, 0.5) is 5.13 Å². The molecule has 0 spiro atoms. The van der Waals surface area contributed by atoms with Crippen LogP contribution in [0.1, 0.15) is 16.1 Å². The van der Waals surface area contributed by atoms with Gasteiger partial charge in [-0.2, -0.15) is 5.11 Å². The zero-order valence-corrected chi connectivity index (χ0v) is 14.3. The monoisotopic (exact) mass is 363 g/mol. The summed E-state index contributed by atoms with van der Waals surface area (Å²) in [5.41, 5.74) is 1.83. The second kappa shape index (κ2) is 6.89. The lowest BCUT2D eigenvalue weighted by Gasteiger charge is -1.99. The number of aromatic carboxylic acids is 1. The summed E-state index contributed by atoms with van der Waals surface area (Å²) in [5.74, 6) is 0.271. The van der Waals surface area contributed by atoms with Crippen LogP contribution in [0.5, 0.6) is 0 Å². The molecule has 0 unspecified atom stereocenters. The van der Waals surface area contributed by atoms with Gasteiger partial charge >= 0.3 is 5.97 Å². The van der Waals surface area contributed by atoms with Gasteiger partial charge in [0.25, 0.3) is 0 Å². The molecule has 4 rings (SSSR count). The lowest BCUT2D eigenvalue weighted by molar-refractivity contribution is 0.0697. The first-order valence-corrected chi connectivity index (χ1v) is 8.66. The number of hydrogen-bond donors (Lipinski definition) is 1. The molecule has 0 amide bonds. The van der Waals surface area contributed by atoms with E-state index in [-0.39, 0.29) is 12.1 Å². The van der Waals surface area contributed by atoms with Gasteiger partial charge in [0, 0.05) is 5.56 Å². The zero-order chi connectivity index (χ0) is 17.9. The Kier molecular flexibility index (Phi) is 4.28. The molecule has 1 N–H and O–H groups in total. The van der Waals surface area contributed by atoms with Crippen LogP contribution in [0.15, 0.2) is 75.3 Å². The van der Waals surface area contributed by atoms with Crippen LogP contribution in [-0.4, -0.2) is 16.1 Å². The summed E-state index contributed by atoms with van der Waals surface area (Å²) in [6.07, 6.45) is 0. The van der Waals surface area contributed by atoms with Crippen molar-refractivity contribution >= 4 is 32.7 Å². The predicted octanol–water partition coefficient (Wildman–Crippen LogP) is 5.54. The van der Waals surface area contributed by atoms with Crippen LogP contribution in [-0.2, 0) is 6.54 Å². The first kappa shape index (κ1) is 16.2. The second-order valence-electron chi connectivity index (χ2n) is 5.52. The summed E-state index contributed by atoms with van der Waals surface area (Å²) in [4.78, 5) is 15.5. The molecule has 7 heteroatoms. The summed E-state index contributed by atoms with van der Waals surface area (Å²) < 4.78 is 6.81. The van der Waals surface area contributed by atoms with Gasteiger partial charge in [0.15, 0.2) is 0 Å². The maximum atomic E-state index is 11.1. The fourth-order valence-electron chi connectivity index (χ4n) is 2.49. The van der Waals surface area contributed by atoms with Crippen molar-refractivity contribution in [3.63, 3.8) is 0 Å². The van der Waals surface area contributed by atoms with Crippen LogP contribution in [0, 0.1) is 0 Å². The first-order chi connectivity index (χ1) is 12.7. The Morgan fingerprint density at radius 3 is 2.85 bits per heavy atom. The number of benzene rings is 2. The lowest BCUT2D eigenvalue weighted by Crippen LogP contribution is -1.95. The van der Waals surface area contributed by atoms with E-state index in [4.69, 9.17) is 9.52 Å². The maximum absolute atomic E-state index is 11.1. The molecule has 0 saturated carbocycles. The molecule has 128 valence electrons. The number of carboxylic acids is 1. The van der Waals surface area contributed by atoms with E-state index in [0.29, 0.717) is 22.2 Å². The van der Waals surface area contributed by atoms with E-state index in [2.05, 4.69) is 15.2 Å². The van der Waals surface area contributed by atoms with Crippen molar-refractivity contribution in [2.45, 2.75) is 6.54 Å². The molecular weight excluding hydrogens is 350 g/mol. The van der Waals surface area contributed by atoms with Crippen molar-refractivity contribution in [1.82, 2.24) is 4.98 Å². The molecule has 0 aliphatic rings. The van der Waals surface area contributed by atoms with Gasteiger partial charge in [-0.05, 0) is 36.4 Å². The molecule has 0 fully saturated rings. The van der Waals surface area contributed by atoms with Gasteiger partial charge in [0.2, 0.25) is 5.13 Å². The second-order valence-corrected chi connectivity index (χ2v) is 6.52. The SMILES string of the molecule is O=C(O)c1cccc(-c2ccc(CN=Nc3nc4ccccc4s3)o2)c1. The molecular formula is C19H13N3O3S. The summed E-state index contributed by atoms with van der Waals surface area (Å²) in [6, 6.07) is 18.0. The highest BCUT2D eigenvalue weighted by atomic mass is 32.1. The predicted molar refractivity (Wildman–Crippen MR) is 98.9 cm³/mol. The average Bonchev–Trinajstić information content (AvgIpc) is 3.28. The lowest BCUT2D eigenvalue weighted by atomic mass is 10.1. The van der Waals surface area contributed by atoms with Gasteiger partial charge in [-0.25, -0.2) is 9.78 Å². The molecule has 0 saturated heterocycles. The quantitative estimate of drug-likeness (QED) is 0.472. The molecule has 6 nitrogen and oxygen atoms in total. The summed E-state index contributed by atoms with van der Waals surface area (Å²) in [6.45, 7) is 0.286. The fraction of sp³-hybridized carbons (Fsp3) is 0.0526. The van der Waals surface area contributed by atoms with Gasteiger partial charge in [-0.15, -0.1) is 5.11 Å². The number of furan rings is 1. The van der Waals surface area contributed by atoms with Crippen LogP contribution in [0.3, 0.4) is 0 Å². The first-order valence-electron chi connectivity index (χ1n) is 7.84. The Morgan fingerprint density at radius 2 is 2.00 bits per heavy atom. The number of rotatable bonds is 5. The number of carbonyl (C=O) groups is 1. The smallest absolute Gasteiger partial charge is 0.335 e. The topological polar surface area (TPSA) is 88.0 Å². The largest absolute Gasteiger partial charge is 0.478 e. The average molecular weight is 363 g/mol. The van der Waals surface area contributed by atoms with Gasteiger partial charge in [0.1, 0.15) is 18.1 Å². The van der Waals surface area contributed by atoms with Crippen molar-refractivity contribution in [2.75, 3.05) is 0 Å². The molecule has 4 aromatic rings. The summed E-state index contributed by atoms with van der Waals surface area (Å²) in [7, 11) is 0. The highest BCUT2D eigenvalue weighted by Gasteiger charge is 2.08. The molecule has 0 aliphatic carbocycles. The van der Waals surface area contributed by atoms with Crippen LogP contribution >= 0.6 is 11.3 Å². The van der Waals surface area contributed by atoms with Crippen molar-refractivity contribution in [1.29, 1.82) is 0 Å². The Hall–Kier alpha value is -3.32. The van der Waals surface area contributed by atoms with Gasteiger partial charge in [-0.1, -0.05) is 35.6 Å². The minimum Gasteiger partial charge on any atom is -0.478 e. The number of thiazole rings is 1. The Morgan fingerprint density at radius 1 is 1.12 bits per heavy atom. The van der Waals surface area contributed by atoms with Crippen LogP contribution < -0.4 is 0 Å². The van der Waals surface area contributed by atoms with E-state index in [0.717, 1.165) is 10.2 Å². The molecule has 0 aliphatic heterocycles. The van der Waals surface area contributed by atoms with E-state index in [1.807, 2.05) is 24.3 Å². The van der Waals surface area contributed by atoms with Crippen molar-refractivity contribution in [3.05, 3.63) is 72.0 Å². The van der Waals surface area contributed by atoms with Crippen molar-refractivity contribution in [3.8, 4) is 11.3 Å². The Bertz CT molecular complexity index is 1080. The third-order valence-corrected chi connectivity index (χ3v) is 4.64. The molecule has 0 atom stereocenters. The Balaban J connectivity index is 1.48. The number of carboxylic acid groups (broad SMARTS) is 1. The molecule has 0 bridgehead atoms. The number of azo groups is 1. The summed E-state index contributed by atoms with van der Waals surface area (Å²) >= 11 is 1.48. The normalized spacial score (nSPS) is 11.4. The van der Waals surface area contributed by atoms with E-state index < -0.39 is 5.97 Å². The maximum Gasteiger partial charge on any atom is 0.335 e. The number of para-hydroxylation sites is 1. The fourth-order valence-corrected chi connectivity index (χ4v) is 3.30. The molecule has 26 heavy (non-hydrogen) atoms. The van der Waals surface area contributed by atoms with E-state index in [1.54, 1.807) is 36.4 Å². The minimum atomic E-state index is -0.969. The number of nitrogens with zero attached hydrogens (tertiary/aromatic N) is 3.